The van der Waals surface area contributed by atoms with Crippen LogP contribution in [-0.4, -0.2) is 37.1 Å². The molecule has 0 radical (unpaired) electrons. The average Bonchev–Trinajstić information content (AvgIpc) is 2.47. The van der Waals surface area contributed by atoms with E-state index in [9.17, 15) is 0 Å². The summed E-state index contributed by atoms with van der Waals surface area (Å²) in [5.41, 5.74) is 0. The molecule has 2 fully saturated rings. The van der Waals surface area contributed by atoms with E-state index in [4.69, 9.17) is 0 Å². The van der Waals surface area contributed by atoms with Gasteiger partial charge in [-0.15, -0.1) is 0 Å². The molecule has 112 valence electrons. The van der Waals surface area contributed by atoms with Crippen molar-refractivity contribution >= 4 is 0 Å². The molecule has 1 aliphatic heterocycles. The summed E-state index contributed by atoms with van der Waals surface area (Å²) in [6, 6.07) is 0.889. The van der Waals surface area contributed by atoms with Gasteiger partial charge in [0.15, 0.2) is 0 Å². The summed E-state index contributed by atoms with van der Waals surface area (Å²) in [4.78, 5) is 2.79. The van der Waals surface area contributed by atoms with Crippen LogP contribution in [0, 0.1) is 11.8 Å². The lowest BCUT2D eigenvalue weighted by Crippen LogP contribution is -2.44. The van der Waals surface area contributed by atoms with E-state index in [2.05, 4.69) is 24.1 Å². The molecule has 2 aliphatic rings. The van der Waals surface area contributed by atoms with Gasteiger partial charge in [0.2, 0.25) is 0 Å². The topological polar surface area (TPSA) is 15.3 Å². The summed E-state index contributed by atoms with van der Waals surface area (Å²) < 4.78 is 0. The molecule has 2 heteroatoms. The molecule has 0 bridgehead atoms. The fraction of sp³-hybridized carbons (Fsp3) is 1.00. The molecule has 2 nitrogen and oxygen atoms in total. The number of rotatable bonds is 6. The minimum atomic E-state index is 0.889. The second-order valence-electron chi connectivity index (χ2n) is 6.76. The van der Waals surface area contributed by atoms with Gasteiger partial charge >= 0.3 is 0 Å². The minimum Gasteiger partial charge on any atom is -0.316 e. The highest BCUT2D eigenvalue weighted by atomic mass is 15.2. The Morgan fingerprint density at radius 3 is 2.37 bits per heavy atom. The largest absolute Gasteiger partial charge is 0.316 e. The van der Waals surface area contributed by atoms with E-state index in [1.165, 1.54) is 77.5 Å². The van der Waals surface area contributed by atoms with Crippen molar-refractivity contribution in [3.05, 3.63) is 0 Å². The monoisotopic (exact) mass is 266 g/mol. The van der Waals surface area contributed by atoms with Crippen molar-refractivity contribution in [1.29, 1.82) is 0 Å². The summed E-state index contributed by atoms with van der Waals surface area (Å²) in [6.07, 6.45) is 11.5. The van der Waals surface area contributed by atoms with Crippen molar-refractivity contribution in [3.63, 3.8) is 0 Å². The summed E-state index contributed by atoms with van der Waals surface area (Å²) in [6.45, 7) is 9.77. The molecular formula is C17H34N2. The minimum absolute atomic E-state index is 0.889. The number of nitrogens with one attached hydrogen (secondary N) is 1. The Balaban J connectivity index is 1.75. The van der Waals surface area contributed by atoms with Gasteiger partial charge in [0.05, 0.1) is 0 Å². The van der Waals surface area contributed by atoms with Crippen molar-refractivity contribution in [1.82, 2.24) is 10.2 Å². The lowest BCUT2D eigenvalue weighted by atomic mass is 9.82. The Hall–Kier alpha value is -0.0800. The molecule has 1 unspecified atom stereocenters. The molecule has 0 aromatic carbocycles. The van der Waals surface area contributed by atoms with Crippen molar-refractivity contribution < 1.29 is 0 Å². The molecule has 0 amide bonds. The van der Waals surface area contributed by atoms with Gasteiger partial charge in [-0.05, 0) is 70.0 Å². The van der Waals surface area contributed by atoms with Crippen LogP contribution in [0.1, 0.15) is 65.2 Å². The van der Waals surface area contributed by atoms with E-state index in [0.29, 0.717) is 0 Å². The smallest absolute Gasteiger partial charge is 0.00954 e. The number of hydrogen-bond acceptors (Lipinski definition) is 2. The van der Waals surface area contributed by atoms with Crippen LogP contribution in [0.2, 0.25) is 0 Å². The molecular weight excluding hydrogens is 232 g/mol. The summed E-state index contributed by atoms with van der Waals surface area (Å²) in [5, 5.41) is 3.56. The van der Waals surface area contributed by atoms with Gasteiger partial charge in [0.25, 0.3) is 0 Å². The lowest BCUT2D eigenvalue weighted by Gasteiger charge is -2.39. The Morgan fingerprint density at radius 1 is 1.00 bits per heavy atom. The molecule has 1 atom stereocenters. The van der Waals surface area contributed by atoms with Crippen LogP contribution >= 0.6 is 0 Å². The summed E-state index contributed by atoms with van der Waals surface area (Å²) in [7, 11) is 0. The first-order chi connectivity index (χ1) is 9.33. The zero-order chi connectivity index (χ0) is 13.5. The first-order valence-electron chi connectivity index (χ1n) is 8.78. The van der Waals surface area contributed by atoms with Crippen LogP contribution in [0.4, 0.5) is 0 Å². The standard InChI is InChI=1S/C17H34N2/c1-3-6-15-8-10-17(11-9-15)19(4-2)14-16-7-5-12-18-13-16/h15-18H,3-14H2,1-2H3. The molecule has 2 rings (SSSR count). The van der Waals surface area contributed by atoms with Gasteiger partial charge < -0.3 is 10.2 Å². The maximum Gasteiger partial charge on any atom is 0.00954 e. The van der Waals surface area contributed by atoms with Crippen LogP contribution in [0.15, 0.2) is 0 Å². The van der Waals surface area contributed by atoms with Gasteiger partial charge in [-0.3, -0.25) is 0 Å². The maximum atomic E-state index is 3.56. The predicted octanol–water partition coefficient (Wildman–Crippen LogP) is 3.67. The second-order valence-corrected chi connectivity index (χ2v) is 6.76. The van der Waals surface area contributed by atoms with Crippen molar-refractivity contribution in [2.45, 2.75) is 71.3 Å². The zero-order valence-electron chi connectivity index (χ0n) is 13.2. The van der Waals surface area contributed by atoms with E-state index < -0.39 is 0 Å². The van der Waals surface area contributed by atoms with Crippen molar-refractivity contribution in [2.75, 3.05) is 26.2 Å². The number of hydrogen-bond donors (Lipinski definition) is 1. The molecule has 1 heterocycles. The molecule has 1 saturated heterocycles. The molecule has 0 aromatic rings. The third-order valence-electron chi connectivity index (χ3n) is 5.33. The Morgan fingerprint density at radius 2 is 1.79 bits per heavy atom. The first-order valence-corrected chi connectivity index (χ1v) is 8.78. The van der Waals surface area contributed by atoms with E-state index in [-0.39, 0.29) is 0 Å². The van der Waals surface area contributed by atoms with Gasteiger partial charge in [-0.2, -0.15) is 0 Å². The van der Waals surface area contributed by atoms with Gasteiger partial charge in [0, 0.05) is 12.6 Å². The zero-order valence-corrected chi connectivity index (χ0v) is 13.2. The fourth-order valence-electron chi connectivity index (χ4n) is 4.15. The third kappa shape index (κ3) is 4.75. The highest BCUT2D eigenvalue weighted by Crippen LogP contribution is 2.31. The normalized spacial score (nSPS) is 32.7. The SMILES string of the molecule is CCCC1CCC(N(CC)CC2CCCNC2)CC1. The third-order valence-corrected chi connectivity index (χ3v) is 5.33. The van der Waals surface area contributed by atoms with Crippen molar-refractivity contribution in [2.24, 2.45) is 11.8 Å². The summed E-state index contributed by atoms with van der Waals surface area (Å²) >= 11 is 0. The van der Waals surface area contributed by atoms with Crippen LogP contribution in [0.3, 0.4) is 0 Å². The Kier molecular flexibility index (Phi) is 6.66. The quantitative estimate of drug-likeness (QED) is 0.789. The summed E-state index contributed by atoms with van der Waals surface area (Å²) in [5.74, 6) is 1.94. The van der Waals surface area contributed by atoms with Gasteiger partial charge in [0.1, 0.15) is 0 Å². The van der Waals surface area contributed by atoms with E-state index >= 15 is 0 Å². The first kappa shape index (κ1) is 15.3. The fourth-order valence-corrected chi connectivity index (χ4v) is 4.15. The highest BCUT2D eigenvalue weighted by Gasteiger charge is 2.26. The second kappa shape index (κ2) is 8.26. The molecule has 1 saturated carbocycles. The van der Waals surface area contributed by atoms with Gasteiger partial charge in [-0.1, -0.05) is 26.7 Å². The molecule has 1 N–H and O–H groups in total. The van der Waals surface area contributed by atoms with Crippen LogP contribution in [0.5, 0.6) is 0 Å². The lowest BCUT2D eigenvalue weighted by molar-refractivity contribution is 0.114. The Bertz CT molecular complexity index is 227. The maximum absolute atomic E-state index is 3.56. The van der Waals surface area contributed by atoms with Crippen LogP contribution < -0.4 is 5.32 Å². The van der Waals surface area contributed by atoms with Crippen LogP contribution in [0.25, 0.3) is 0 Å². The van der Waals surface area contributed by atoms with E-state index in [1.54, 1.807) is 0 Å². The van der Waals surface area contributed by atoms with E-state index in [1.807, 2.05) is 0 Å². The average molecular weight is 266 g/mol. The van der Waals surface area contributed by atoms with Crippen LogP contribution in [-0.2, 0) is 0 Å². The predicted molar refractivity (Wildman–Crippen MR) is 83.5 cm³/mol. The Labute approximate surface area is 120 Å². The molecule has 1 aliphatic carbocycles. The van der Waals surface area contributed by atoms with E-state index in [0.717, 1.165) is 17.9 Å². The molecule has 0 spiro atoms. The highest BCUT2D eigenvalue weighted by molar-refractivity contribution is 4.82. The number of piperidine rings is 1. The van der Waals surface area contributed by atoms with Gasteiger partial charge in [-0.25, -0.2) is 0 Å². The number of nitrogens with zero attached hydrogens (tertiary/aromatic N) is 1. The molecule has 19 heavy (non-hydrogen) atoms. The molecule has 0 aromatic heterocycles. The van der Waals surface area contributed by atoms with Crippen molar-refractivity contribution in [3.8, 4) is 0 Å².